The molecule has 0 amide bonds. The Morgan fingerprint density at radius 3 is 1.95 bits per heavy atom. The maximum absolute atomic E-state index is 5.95. The van der Waals surface area contributed by atoms with Gasteiger partial charge in [0.1, 0.15) is 0 Å². The Kier molecular flexibility index (Phi) is 4.94. The van der Waals surface area contributed by atoms with Crippen molar-refractivity contribution in [2.45, 2.75) is 25.9 Å². The molecule has 0 spiro atoms. The van der Waals surface area contributed by atoms with Crippen molar-refractivity contribution < 1.29 is 0 Å². The van der Waals surface area contributed by atoms with E-state index in [4.69, 9.17) is 5.73 Å². The van der Waals surface area contributed by atoms with Crippen LogP contribution >= 0.6 is 0 Å². The number of hydrogen-bond acceptors (Lipinski definition) is 2. The van der Waals surface area contributed by atoms with Gasteiger partial charge < -0.3 is 5.73 Å². The van der Waals surface area contributed by atoms with E-state index in [1.807, 2.05) is 6.07 Å². The first-order valence-corrected chi connectivity index (χ1v) is 7.21. The lowest BCUT2D eigenvalue weighted by Crippen LogP contribution is -2.35. The molecule has 0 saturated heterocycles. The molecule has 0 aliphatic heterocycles. The maximum Gasteiger partial charge on any atom is 0.0470 e. The number of nitrogens with two attached hydrogens (primary N) is 1. The molecule has 0 aliphatic rings. The maximum atomic E-state index is 5.95. The van der Waals surface area contributed by atoms with Crippen molar-refractivity contribution in [3.63, 3.8) is 0 Å². The molecule has 106 valence electrons. The van der Waals surface area contributed by atoms with E-state index in [9.17, 15) is 0 Å². The van der Waals surface area contributed by atoms with Gasteiger partial charge in [-0.15, -0.1) is 0 Å². The Labute approximate surface area is 122 Å². The molecular formula is C18H24N2. The highest BCUT2D eigenvalue weighted by atomic mass is 15.2. The molecule has 0 fully saturated rings. The van der Waals surface area contributed by atoms with Crippen LogP contribution < -0.4 is 5.73 Å². The third kappa shape index (κ3) is 3.27. The summed E-state index contributed by atoms with van der Waals surface area (Å²) in [6.07, 6.45) is 0. The van der Waals surface area contributed by atoms with Gasteiger partial charge in [0, 0.05) is 18.6 Å². The van der Waals surface area contributed by atoms with E-state index in [1.165, 1.54) is 16.7 Å². The molecule has 0 aliphatic carbocycles. The summed E-state index contributed by atoms with van der Waals surface area (Å²) < 4.78 is 0. The van der Waals surface area contributed by atoms with E-state index >= 15 is 0 Å². The van der Waals surface area contributed by atoms with Gasteiger partial charge in [-0.3, -0.25) is 4.90 Å². The van der Waals surface area contributed by atoms with Crippen LogP contribution in [0.25, 0.3) is 11.1 Å². The molecule has 2 nitrogen and oxygen atoms in total. The topological polar surface area (TPSA) is 29.3 Å². The molecule has 2 rings (SSSR count). The summed E-state index contributed by atoms with van der Waals surface area (Å²) in [4.78, 5) is 2.32. The Morgan fingerprint density at radius 2 is 1.45 bits per heavy atom. The van der Waals surface area contributed by atoms with Crippen LogP contribution in [0.1, 0.15) is 25.5 Å². The van der Waals surface area contributed by atoms with Gasteiger partial charge in [0.15, 0.2) is 0 Å². The van der Waals surface area contributed by atoms with Gasteiger partial charge in [0.2, 0.25) is 0 Å². The molecule has 2 heteroatoms. The molecule has 0 aromatic heterocycles. The summed E-state index contributed by atoms with van der Waals surface area (Å²) in [5.41, 5.74) is 9.73. The molecular weight excluding hydrogens is 244 g/mol. The molecule has 0 radical (unpaired) electrons. The molecule has 20 heavy (non-hydrogen) atoms. The number of benzene rings is 2. The van der Waals surface area contributed by atoms with Crippen LogP contribution in [0.5, 0.6) is 0 Å². The van der Waals surface area contributed by atoms with Gasteiger partial charge >= 0.3 is 0 Å². The Hall–Kier alpha value is -1.64. The highest BCUT2D eigenvalue weighted by molar-refractivity contribution is 5.63. The van der Waals surface area contributed by atoms with Crippen molar-refractivity contribution >= 4 is 0 Å². The van der Waals surface area contributed by atoms with E-state index in [1.54, 1.807) is 0 Å². The summed E-state index contributed by atoms with van der Waals surface area (Å²) in [7, 11) is 2.13. The third-order valence-corrected chi connectivity index (χ3v) is 3.93. The van der Waals surface area contributed by atoms with Crippen LogP contribution in [0.4, 0.5) is 0 Å². The molecule has 0 saturated carbocycles. The summed E-state index contributed by atoms with van der Waals surface area (Å²) in [5, 5.41) is 0. The fraction of sp³-hybridized carbons (Fsp3) is 0.333. The fourth-order valence-corrected chi connectivity index (χ4v) is 2.43. The Morgan fingerprint density at radius 1 is 0.900 bits per heavy atom. The fourth-order valence-electron chi connectivity index (χ4n) is 2.43. The van der Waals surface area contributed by atoms with E-state index in [2.05, 4.69) is 74.3 Å². The van der Waals surface area contributed by atoms with Gasteiger partial charge in [-0.05, 0) is 37.6 Å². The predicted octanol–water partition coefficient (Wildman–Crippen LogP) is 3.69. The number of rotatable bonds is 5. The lowest BCUT2D eigenvalue weighted by molar-refractivity contribution is 0.201. The molecule has 1 unspecified atom stereocenters. The van der Waals surface area contributed by atoms with Crippen molar-refractivity contribution in [2.24, 2.45) is 5.73 Å². The van der Waals surface area contributed by atoms with Crippen LogP contribution in [0, 0.1) is 0 Å². The van der Waals surface area contributed by atoms with Crippen LogP contribution in [0.3, 0.4) is 0 Å². The molecule has 2 aromatic rings. The minimum atomic E-state index is 0.278. The van der Waals surface area contributed by atoms with E-state index < -0.39 is 0 Å². The van der Waals surface area contributed by atoms with Gasteiger partial charge in [0.25, 0.3) is 0 Å². The molecule has 0 bridgehead atoms. The zero-order valence-corrected chi connectivity index (χ0v) is 12.6. The van der Waals surface area contributed by atoms with Crippen molar-refractivity contribution in [1.29, 1.82) is 0 Å². The first-order chi connectivity index (χ1) is 9.63. The van der Waals surface area contributed by atoms with Gasteiger partial charge in [-0.25, -0.2) is 0 Å². The molecule has 0 heterocycles. The minimum absolute atomic E-state index is 0.278. The summed E-state index contributed by atoms with van der Waals surface area (Å²) in [6, 6.07) is 20.0. The van der Waals surface area contributed by atoms with Crippen LogP contribution in [-0.4, -0.2) is 24.5 Å². The smallest absolute Gasteiger partial charge is 0.0470 e. The lowest BCUT2D eigenvalue weighted by atomic mass is 9.99. The van der Waals surface area contributed by atoms with Crippen LogP contribution in [-0.2, 0) is 0 Å². The van der Waals surface area contributed by atoms with Crippen LogP contribution in [0.15, 0.2) is 54.6 Å². The third-order valence-electron chi connectivity index (χ3n) is 3.93. The first kappa shape index (κ1) is 14.8. The van der Waals surface area contributed by atoms with Gasteiger partial charge in [0.05, 0.1) is 0 Å². The predicted molar refractivity (Wildman–Crippen MR) is 86.6 cm³/mol. The second-order valence-electron chi connectivity index (χ2n) is 5.50. The average molecular weight is 268 g/mol. The zero-order chi connectivity index (χ0) is 14.5. The highest BCUT2D eigenvalue weighted by Crippen LogP contribution is 2.24. The largest absolute Gasteiger partial charge is 0.329 e. The second kappa shape index (κ2) is 6.69. The zero-order valence-electron chi connectivity index (χ0n) is 12.6. The van der Waals surface area contributed by atoms with Crippen molar-refractivity contribution in [3.05, 3.63) is 60.2 Å². The second-order valence-corrected chi connectivity index (χ2v) is 5.50. The quantitative estimate of drug-likeness (QED) is 0.896. The minimum Gasteiger partial charge on any atom is -0.329 e. The van der Waals surface area contributed by atoms with Crippen LogP contribution in [0.2, 0.25) is 0 Å². The standard InChI is InChI=1S/C18H24N2/c1-14(2)20(3)18(13-19)17-11-9-16(10-12-17)15-7-5-4-6-8-15/h4-12,14,18H,13,19H2,1-3H3. The lowest BCUT2D eigenvalue weighted by Gasteiger charge is -2.30. The summed E-state index contributed by atoms with van der Waals surface area (Å²) in [6.45, 7) is 5.03. The normalized spacial score (nSPS) is 12.9. The van der Waals surface area contributed by atoms with Crippen molar-refractivity contribution in [2.75, 3.05) is 13.6 Å². The van der Waals surface area contributed by atoms with Gasteiger partial charge in [-0.1, -0.05) is 54.6 Å². The number of likely N-dealkylation sites (N-methyl/N-ethyl adjacent to an activating group) is 1. The van der Waals surface area contributed by atoms with E-state index in [0.29, 0.717) is 12.6 Å². The molecule has 2 N–H and O–H groups in total. The Bertz CT molecular complexity index is 517. The summed E-state index contributed by atoms with van der Waals surface area (Å²) in [5.74, 6) is 0. The van der Waals surface area contributed by atoms with Crippen molar-refractivity contribution in [1.82, 2.24) is 4.90 Å². The first-order valence-electron chi connectivity index (χ1n) is 7.21. The van der Waals surface area contributed by atoms with E-state index in [0.717, 1.165) is 0 Å². The van der Waals surface area contributed by atoms with Crippen molar-refractivity contribution in [3.8, 4) is 11.1 Å². The van der Waals surface area contributed by atoms with E-state index in [-0.39, 0.29) is 6.04 Å². The number of hydrogen-bond donors (Lipinski definition) is 1. The number of nitrogens with zero attached hydrogens (tertiary/aromatic N) is 1. The average Bonchev–Trinajstić information content (AvgIpc) is 2.49. The highest BCUT2D eigenvalue weighted by Gasteiger charge is 2.17. The Balaban J connectivity index is 2.23. The molecule has 2 aromatic carbocycles. The van der Waals surface area contributed by atoms with Gasteiger partial charge in [-0.2, -0.15) is 0 Å². The monoisotopic (exact) mass is 268 g/mol. The SMILES string of the molecule is CC(C)N(C)C(CN)c1ccc(-c2ccccc2)cc1. The summed E-state index contributed by atoms with van der Waals surface area (Å²) >= 11 is 0. The molecule has 1 atom stereocenters.